The molecular formula is C17H32O4. The molecule has 0 aromatic heterocycles. The van der Waals surface area contributed by atoms with E-state index >= 15 is 0 Å². The fraction of sp³-hybridized carbons (Fsp3) is 0.941. The summed E-state index contributed by atoms with van der Waals surface area (Å²) in [5.41, 5.74) is 0. The zero-order valence-electron chi connectivity index (χ0n) is 13.4. The Morgan fingerprint density at radius 3 is 2.24 bits per heavy atom. The molecule has 0 aromatic rings. The minimum Gasteiger partial charge on any atom is -0.462 e. The maximum absolute atomic E-state index is 11.3. The van der Waals surface area contributed by atoms with Crippen molar-refractivity contribution in [3.05, 3.63) is 0 Å². The molecule has 1 saturated heterocycles. The summed E-state index contributed by atoms with van der Waals surface area (Å²) in [6, 6.07) is 0. The van der Waals surface area contributed by atoms with Gasteiger partial charge in [0.15, 0.2) is 0 Å². The second-order valence-corrected chi connectivity index (χ2v) is 6.26. The molecule has 0 aliphatic carbocycles. The molecule has 0 unspecified atom stereocenters. The smallest absolute Gasteiger partial charge is 0.306 e. The summed E-state index contributed by atoms with van der Waals surface area (Å²) in [7, 11) is 0. The molecule has 21 heavy (non-hydrogen) atoms. The lowest BCUT2D eigenvalue weighted by molar-refractivity contribution is -0.141. The van der Waals surface area contributed by atoms with E-state index < -0.39 is 6.10 Å². The highest BCUT2D eigenvalue weighted by molar-refractivity contribution is 5.72. The number of hydrogen-bond donors (Lipinski definition) is 2. The van der Waals surface area contributed by atoms with Gasteiger partial charge >= 0.3 is 5.97 Å². The van der Waals surface area contributed by atoms with Crippen LogP contribution in [-0.4, -0.2) is 35.0 Å². The molecular weight excluding hydrogens is 268 g/mol. The summed E-state index contributed by atoms with van der Waals surface area (Å²) in [5.74, 6) is -0.468. The standard InChI is InChI=1S/C17H32O4/c1-2-3-4-5-6-7-8-9-10-11-16-14(15(19)13-18)12-17(20)21-16/h14-16,18-19H,2-13H2,1H3/t14-,15-,16-/m1/s1. The normalized spacial score (nSPS) is 23.3. The number of carbonyl (C=O) groups is 1. The first-order valence-corrected chi connectivity index (χ1v) is 8.67. The van der Waals surface area contributed by atoms with E-state index in [9.17, 15) is 9.90 Å². The Morgan fingerprint density at radius 2 is 1.67 bits per heavy atom. The molecule has 0 amide bonds. The van der Waals surface area contributed by atoms with Gasteiger partial charge in [0.1, 0.15) is 6.10 Å². The fourth-order valence-electron chi connectivity index (χ4n) is 3.08. The molecule has 0 aromatic carbocycles. The summed E-state index contributed by atoms with van der Waals surface area (Å²) in [6.45, 7) is 1.94. The first-order chi connectivity index (χ1) is 10.2. The lowest BCUT2D eigenvalue weighted by atomic mass is 9.91. The van der Waals surface area contributed by atoms with Crippen LogP contribution in [0.15, 0.2) is 0 Å². The second kappa shape index (κ2) is 11.0. The van der Waals surface area contributed by atoms with E-state index in [0.29, 0.717) is 0 Å². The third-order valence-corrected chi connectivity index (χ3v) is 4.44. The van der Waals surface area contributed by atoms with Gasteiger partial charge in [-0.25, -0.2) is 0 Å². The number of rotatable bonds is 12. The summed E-state index contributed by atoms with van der Waals surface area (Å²) in [4.78, 5) is 11.3. The number of esters is 1. The monoisotopic (exact) mass is 300 g/mol. The van der Waals surface area contributed by atoms with Gasteiger partial charge in [0.05, 0.1) is 19.1 Å². The molecule has 4 nitrogen and oxygen atoms in total. The summed E-state index contributed by atoms with van der Waals surface area (Å²) < 4.78 is 5.26. The van der Waals surface area contributed by atoms with E-state index in [1.165, 1.54) is 44.9 Å². The number of unbranched alkanes of at least 4 members (excludes halogenated alkanes) is 8. The van der Waals surface area contributed by atoms with Crippen LogP contribution in [0.3, 0.4) is 0 Å². The zero-order valence-corrected chi connectivity index (χ0v) is 13.4. The zero-order chi connectivity index (χ0) is 15.5. The number of aliphatic hydroxyl groups excluding tert-OH is 2. The van der Waals surface area contributed by atoms with Gasteiger partial charge < -0.3 is 14.9 Å². The maximum Gasteiger partial charge on any atom is 0.306 e. The molecule has 1 heterocycles. The molecule has 1 rings (SSSR count). The quantitative estimate of drug-likeness (QED) is 0.429. The molecule has 1 fully saturated rings. The van der Waals surface area contributed by atoms with Crippen LogP contribution >= 0.6 is 0 Å². The lowest BCUT2D eigenvalue weighted by Crippen LogP contribution is -2.30. The predicted molar refractivity (Wildman–Crippen MR) is 82.9 cm³/mol. The highest BCUT2D eigenvalue weighted by Gasteiger charge is 2.38. The van der Waals surface area contributed by atoms with Crippen LogP contribution in [0.4, 0.5) is 0 Å². The van der Waals surface area contributed by atoms with Crippen molar-refractivity contribution < 1.29 is 19.7 Å². The van der Waals surface area contributed by atoms with Crippen molar-refractivity contribution in [2.45, 2.75) is 89.8 Å². The Kier molecular flexibility index (Phi) is 9.68. The molecule has 2 N–H and O–H groups in total. The van der Waals surface area contributed by atoms with Crippen molar-refractivity contribution in [3.8, 4) is 0 Å². The second-order valence-electron chi connectivity index (χ2n) is 6.26. The Morgan fingerprint density at radius 1 is 1.10 bits per heavy atom. The Balaban J connectivity index is 2.05. The number of ether oxygens (including phenoxy) is 1. The van der Waals surface area contributed by atoms with Crippen molar-refractivity contribution in [1.82, 2.24) is 0 Å². The third kappa shape index (κ3) is 7.28. The van der Waals surface area contributed by atoms with Crippen LogP contribution in [0, 0.1) is 5.92 Å². The van der Waals surface area contributed by atoms with Gasteiger partial charge in [-0.05, 0) is 12.8 Å². The van der Waals surface area contributed by atoms with E-state index in [0.717, 1.165) is 19.3 Å². The van der Waals surface area contributed by atoms with Gasteiger partial charge in [0.2, 0.25) is 0 Å². The van der Waals surface area contributed by atoms with Gasteiger partial charge in [-0.15, -0.1) is 0 Å². The Labute approximate surface area is 128 Å². The molecule has 0 bridgehead atoms. The summed E-state index contributed by atoms with van der Waals surface area (Å²) in [6.07, 6.45) is 11.4. The highest BCUT2D eigenvalue weighted by Crippen LogP contribution is 2.29. The van der Waals surface area contributed by atoms with Crippen molar-refractivity contribution in [3.63, 3.8) is 0 Å². The van der Waals surface area contributed by atoms with E-state index in [2.05, 4.69) is 6.92 Å². The van der Waals surface area contributed by atoms with E-state index in [4.69, 9.17) is 9.84 Å². The van der Waals surface area contributed by atoms with Crippen molar-refractivity contribution >= 4 is 5.97 Å². The molecule has 4 heteroatoms. The average molecular weight is 300 g/mol. The highest BCUT2D eigenvalue weighted by atomic mass is 16.6. The third-order valence-electron chi connectivity index (χ3n) is 4.44. The average Bonchev–Trinajstić information content (AvgIpc) is 2.85. The minimum absolute atomic E-state index is 0.204. The Hall–Kier alpha value is -0.610. The van der Waals surface area contributed by atoms with Gasteiger partial charge in [-0.3, -0.25) is 4.79 Å². The molecule has 124 valence electrons. The van der Waals surface area contributed by atoms with Crippen molar-refractivity contribution in [2.75, 3.05) is 6.61 Å². The van der Waals surface area contributed by atoms with Crippen LogP contribution in [0.2, 0.25) is 0 Å². The van der Waals surface area contributed by atoms with E-state index in [-0.39, 0.29) is 31.0 Å². The molecule has 1 aliphatic heterocycles. The SMILES string of the molecule is CCCCCCCCCCC[C@H]1OC(=O)C[C@@H]1[C@H](O)CO. The van der Waals surface area contributed by atoms with Gasteiger partial charge in [0.25, 0.3) is 0 Å². The maximum atomic E-state index is 11.3. The number of aliphatic hydroxyl groups is 2. The minimum atomic E-state index is -0.833. The Bertz CT molecular complexity index is 280. The van der Waals surface area contributed by atoms with Crippen LogP contribution in [0.1, 0.15) is 77.6 Å². The molecule has 0 spiro atoms. The van der Waals surface area contributed by atoms with Gasteiger partial charge in [-0.1, -0.05) is 58.3 Å². The molecule has 0 saturated carbocycles. The summed E-state index contributed by atoms with van der Waals surface area (Å²) >= 11 is 0. The van der Waals surface area contributed by atoms with Crippen LogP contribution in [-0.2, 0) is 9.53 Å². The van der Waals surface area contributed by atoms with Crippen molar-refractivity contribution in [1.29, 1.82) is 0 Å². The number of carbonyl (C=O) groups excluding carboxylic acids is 1. The largest absolute Gasteiger partial charge is 0.462 e. The van der Waals surface area contributed by atoms with Crippen LogP contribution in [0.5, 0.6) is 0 Å². The summed E-state index contributed by atoms with van der Waals surface area (Å²) in [5, 5.41) is 18.7. The van der Waals surface area contributed by atoms with Crippen LogP contribution < -0.4 is 0 Å². The van der Waals surface area contributed by atoms with Gasteiger partial charge in [0, 0.05) is 5.92 Å². The van der Waals surface area contributed by atoms with Crippen molar-refractivity contribution in [2.24, 2.45) is 5.92 Å². The van der Waals surface area contributed by atoms with E-state index in [1.807, 2.05) is 0 Å². The fourth-order valence-corrected chi connectivity index (χ4v) is 3.08. The number of cyclic esters (lactones) is 1. The molecule has 1 aliphatic rings. The van der Waals surface area contributed by atoms with E-state index in [1.54, 1.807) is 0 Å². The topological polar surface area (TPSA) is 66.8 Å². The lowest BCUT2D eigenvalue weighted by Gasteiger charge is -2.20. The van der Waals surface area contributed by atoms with Gasteiger partial charge in [-0.2, -0.15) is 0 Å². The molecule has 0 radical (unpaired) electrons. The first-order valence-electron chi connectivity index (χ1n) is 8.67. The van der Waals surface area contributed by atoms with Crippen LogP contribution in [0.25, 0.3) is 0 Å². The first kappa shape index (κ1) is 18.4. The number of hydrogen-bond acceptors (Lipinski definition) is 4. The predicted octanol–water partition coefficient (Wildman–Crippen LogP) is 3.19. The molecule has 3 atom stereocenters.